The number of carbonyl (C=O) groups excluding carboxylic acids is 1. The molecule has 0 radical (unpaired) electrons. The van der Waals surface area contributed by atoms with Crippen LogP contribution in [0.25, 0.3) is 0 Å². The molecule has 1 rings (SSSR count). The second-order valence-electron chi connectivity index (χ2n) is 5.13. The van der Waals surface area contributed by atoms with Crippen molar-refractivity contribution in [3.63, 3.8) is 0 Å². The van der Waals surface area contributed by atoms with E-state index in [2.05, 4.69) is 5.32 Å². The first-order chi connectivity index (χ1) is 9.01. The molecule has 0 bridgehead atoms. The number of sulfonamides is 1. The van der Waals surface area contributed by atoms with E-state index < -0.39 is 26.3 Å². The van der Waals surface area contributed by atoms with Crippen molar-refractivity contribution in [1.82, 2.24) is 4.89 Å². The molecule has 0 spiro atoms. The molecule has 0 aliphatic carbocycles. The first kappa shape index (κ1) is 16.5. The molecule has 0 saturated heterocycles. The van der Waals surface area contributed by atoms with Crippen LogP contribution in [0.3, 0.4) is 0 Å². The van der Waals surface area contributed by atoms with E-state index in [1.807, 2.05) is 4.89 Å². The van der Waals surface area contributed by atoms with Crippen LogP contribution in [0.4, 0.5) is 10.1 Å². The fourth-order valence-electron chi connectivity index (χ4n) is 1.22. The molecule has 112 valence electrons. The highest BCUT2D eigenvalue weighted by Crippen LogP contribution is 2.19. The summed E-state index contributed by atoms with van der Waals surface area (Å²) >= 11 is 0. The first-order valence-corrected chi connectivity index (χ1v) is 7.26. The summed E-state index contributed by atoms with van der Waals surface area (Å²) in [5, 5.41) is 2.36. The smallest absolute Gasteiger partial charge is 0.265 e. The van der Waals surface area contributed by atoms with Gasteiger partial charge in [-0.1, -0.05) is 4.89 Å². The van der Waals surface area contributed by atoms with E-state index >= 15 is 0 Å². The molecule has 1 amide bonds. The predicted molar refractivity (Wildman–Crippen MR) is 71.9 cm³/mol. The van der Waals surface area contributed by atoms with Crippen molar-refractivity contribution in [1.29, 1.82) is 0 Å². The van der Waals surface area contributed by atoms with Crippen LogP contribution in [-0.2, 0) is 19.7 Å². The first-order valence-electron chi connectivity index (χ1n) is 5.78. The molecule has 20 heavy (non-hydrogen) atoms. The van der Waals surface area contributed by atoms with E-state index in [1.54, 1.807) is 20.8 Å². The Balaban J connectivity index is 2.99. The van der Waals surface area contributed by atoms with Crippen LogP contribution in [0.15, 0.2) is 23.1 Å². The Labute approximate surface area is 117 Å². The third kappa shape index (κ3) is 4.87. The minimum absolute atomic E-state index is 0.172. The summed E-state index contributed by atoms with van der Waals surface area (Å²) in [6.07, 6.45) is 0. The monoisotopic (exact) mass is 304 g/mol. The van der Waals surface area contributed by atoms with Gasteiger partial charge in [0.25, 0.3) is 10.0 Å². The summed E-state index contributed by atoms with van der Waals surface area (Å²) < 4.78 is 37.5. The summed E-state index contributed by atoms with van der Waals surface area (Å²) in [7, 11) is -4.13. The van der Waals surface area contributed by atoms with Gasteiger partial charge in [0.1, 0.15) is 10.7 Å². The van der Waals surface area contributed by atoms with Gasteiger partial charge in [-0.15, -0.1) is 0 Å². The number of carbonyl (C=O) groups is 1. The summed E-state index contributed by atoms with van der Waals surface area (Å²) in [6, 6.07) is 3.26. The van der Waals surface area contributed by atoms with Crippen molar-refractivity contribution in [3.8, 4) is 0 Å². The SMILES string of the molecule is CC(=O)Nc1ccc(S(=O)(=O)NOC(C)(C)C)c(F)c1. The van der Waals surface area contributed by atoms with Gasteiger partial charge in [-0.25, -0.2) is 12.8 Å². The molecule has 1 aromatic carbocycles. The average Bonchev–Trinajstić information content (AvgIpc) is 2.24. The Morgan fingerprint density at radius 3 is 2.35 bits per heavy atom. The van der Waals surface area contributed by atoms with E-state index in [0.717, 1.165) is 12.1 Å². The average molecular weight is 304 g/mol. The maximum Gasteiger partial charge on any atom is 0.265 e. The van der Waals surface area contributed by atoms with E-state index in [4.69, 9.17) is 4.84 Å². The second-order valence-corrected chi connectivity index (χ2v) is 6.74. The van der Waals surface area contributed by atoms with Gasteiger partial charge >= 0.3 is 0 Å². The maximum atomic E-state index is 13.8. The number of nitrogens with one attached hydrogen (secondary N) is 2. The fourth-order valence-corrected chi connectivity index (χ4v) is 2.24. The summed E-state index contributed by atoms with van der Waals surface area (Å²) in [6.45, 7) is 6.20. The third-order valence-corrected chi connectivity index (χ3v) is 3.21. The Kier molecular flexibility index (Phi) is 4.85. The standard InChI is InChI=1S/C12H17FN2O4S/c1-8(16)14-9-5-6-11(10(13)7-9)20(17,18)15-19-12(2,3)4/h5-7,15H,1-4H3,(H,14,16). The van der Waals surface area contributed by atoms with Crippen molar-refractivity contribution >= 4 is 21.6 Å². The molecule has 0 saturated carbocycles. The minimum Gasteiger partial charge on any atom is -0.326 e. The molecule has 0 aromatic heterocycles. The highest BCUT2D eigenvalue weighted by molar-refractivity contribution is 7.89. The minimum atomic E-state index is -4.13. The van der Waals surface area contributed by atoms with Gasteiger partial charge in [0.05, 0.1) is 5.60 Å². The van der Waals surface area contributed by atoms with E-state index in [9.17, 15) is 17.6 Å². The van der Waals surface area contributed by atoms with Crippen molar-refractivity contribution < 1.29 is 22.4 Å². The lowest BCUT2D eigenvalue weighted by atomic mass is 10.2. The Morgan fingerprint density at radius 1 is 1.30 bits per heavy atom. The number of rotatable bonds is 4. The number of benzene rings is 1. The van der Waals surface area contributed by atoms with E-state index in [0.29, 0.717) is 0 Å². The largest absolute Gasteiger partial charge is 0.326 e. The quantitative estimate of drug-likeness (QED) is 0.831. The van der Waals surface area contributed by atoms with Crippen molar-refractivity contribution in [2.45, 2.75) is 38.2 Å². The number of hydrogen-bond donors (Lipinski definition) is 2. The molecule has 0 atom stereocenters. The van der Waals surface area contributed by atoms with Crippen molar-refractivity contribution in [2.75, 3.05) is 5.32 Å². The van der Waals surface area contributed by atoms with Gasteiger partial charge in [0.2, 0.25) is 5.91 Å². The van der Waals surface area contributed by atoms with Crippen molar-refractivity contribution in [3.05, 3.63) is 24.0 Å². The van der Waals surface area contributed by atoms with Crippen LogP contribution >= 0.6 is 0 Å². The van der Waals surface area contributed by atoms with Gasteiger partial charge < -0.3 is 5.32 Å². The molecule has 8 heteroatoms. The van der Waals surface area contributed by atoms with Crippen LogP contribution in [0.2, 0.25) is 0 Å². The Bertz CT molecular complexity index is 608. The number of amides is 1. The predicted octanol–water partition coefficient (Wildman–Crippen LogP) is 1.79. The fraction of sp³-hybridized carbons (Fsp3) is 0.417. The number of hydrogen-bond acceptors (Lipinski definition) is 4. The van der Waals surface area contributed by atoms with Gasteiger partial charge in [-0.3, -0.25) is 9.63 Å². The molecule has 0 unspecified atom stereocenters. The lowest BCUT2D eigenvalue weighted by Crippen LogP contribution is -2.34. The van der Waals surface area contributed by atoms with Crippen molar-refractivity contribution in [2.24, 2.45) is 0 Å². The number of halogens is 1. The molecule has 2 N–H and O–H groups in total. The highest BCUT2D eigenvalue weighted by atomic mass is 32.2. The van der Waals surface area contributed by atoms with Crippen LogP contribution in [0.1, 0.15) is 27.7 Å². The molecule has 0 aliphatic heterocycles. The molecule has 1 aromatic rings. The topological polar surface area (TPSA) is 84.5 Å². The van der Waals surface area contributed by atoms with Crippen LogP contribution < -0.4 is 10.2 Å². The van der Waals surface area contributed by atoms with Gasteiger partial charge in [-0.2, -0.15) is 0 Å². The van der Waals surface area contributed by atoms with E-state index in [1.165, 1.54) is 13.0 Å². The van der Waals surface area contributed by atoms with Gasteiger partial charge in [-0.05, 0) is 39.0 Å². The zero-order chi connectivity index (χ0) is 15.6. The lowest BCUT2D eigenvalue weighted by Gasteiger charge is -2.19. The zero-order valence-corrected chi connectivity index (χ0v) is 12.5. The highest BCUT2D eigenvalue weighted by Gasteiger charge is 2.22. The maximum absolute atomic E-state index is 13.8. The second kappa shape index (κ2) is 5.86. The molecule has 6 nitrogen and oxygen atoms in total. The molecular weight excluding hydrogens is 287 g/mol. The number of anilines is 1. The molecule has 0 heterocycles. The molecular formula is C12H17FN2O4S. The van der Waals surface area contributed by atoms with E-state index in [-0.39, 0.29) is 11.6 Å². The van der Waals surface area contributed by atoms with Gasteiger partial charge in [0.15, 0.2) is 0 Å². The zero-order valence-electron chi connectivity index (χ0n) is 11.7. The van der Waals surface area contributed by atoms with Crippen LogP contribution in [0, 0.1) is 5.82 Å². The van der Waals surface area contributed by atoms with Crippen LogP contribution in [-0.4, -0.2) is 19.9 Å². The summed E-state index contributed by atoms with van der Waals surface area (Å²) in [5.41, 5.74) is -0.578. The summed E-state index contributed by atoms with van der Waals surface area (Å²) in [5.74, 6) is -1.37. The molecule has 0 aliphatic rings. The molecule has 0 fully saturated rings. The lowest BCUT2D eigenvalue weighted by molar-refractivity contribution is -0.114. The third-order valence-electron chi connectivity index (χ3n) is 2.00. The van der Waals surface area contributed by atoms with Gasteiger partial charge in [0, 0.05) is 12.6 Å². The van der Waals surface area contributed by atoms with Crippen LogP contribution in [0.5, 0.6) is 0 Å². The normalized spacial score (nSPS) is 12.2. The summed E-state index contributed by atoms with van der Waals surface area (Å²) in [4.78, 5) is 17.1. The Morgan fingerprint density at radius 2 is 1.90 bits per heavy atom. The Hall–Kier alpha value is -1.51.